The van der Waals surface area contributed by atoms with Crippen molar-refractivity contribution >= 4 is 11.8 Å². The second-order valence-electron chi connectivity index (χ2n) is 6.00. The minimum Gasteiger partial charge on any atom is -0.359 e. The van der Waals surface area contributed by atoms with Gasteiger partial charge in [0.05, 0.1) is 17.7 Å². The van der Waals surface area contributed by atoms with Gasteiger partial charge in [-0.1, -0.05) is 6.07 Å². The van der Waals surface area contributed by atoms with Crippen molar-refractivity contribution in [3.05, 3.63) is 30.1 Å². The maximum absolute atomic E-state index is 12.6. The normalized spacial score (nSPS) is 22.4. The summed E-state index contributed by atoms with van der Waals surface area (Å²) in [6.07, 6.45) is 3.72. The van der Waals surface area contributed by atoms with Gasteiger partial charge >= 0.3 is 0 Å². The van der Waals surface area contributed by atoms with Crippen molar-refractivity contribution in [2.45, 2.75) is 25.4 Å². The van der Waals surface area contributed by atoms with Gasteiger partial charge in [-0.15, -0.1) is 0 Å². The zero-order valence-corrected chi connectivity index (χ0v) is 12.9. The number of pyridine rings is 1. The molecule has 1 atom stereocenters. The van der Waals surface area contributed by atoms with E-state index in [1.165, 1.54) is 0 Å². The lowest BCUT2D eigenvalue weighted by atomic mass is 9.97. The number of hydrogen-bond acceptors (Lipinski definition) is 4. The van der Waals surface area contributed by atoms with Crippen LogP contribution in [0.4, 0.5) is 0 Å². The van der Waals surface area contributed by atoms with Crippen molar-refractivity contribution in [3.8, 4) is 0 Å². The molecule has 2 aliphatic rings. The summed E-state index contributed by atoms with van der Waals surface area (Å²) in [6.45, 7) is 2.74. The second-order valence-corrected chi connectivity index (χ2v) is 6.00. The summed E-state index contributed by atoms with van der Waals surface area (Å²) < 4.78 is 0. The van der Waals surface area contributed by atoms with Crippen molar-refractivity contribution in [2.75, 3.05) is 26.7 Å². The first-order valence-electron chi connectivity index (χ1n) is 7.83. The van der Waals surface area contributed by atoms with Gasteiger partial charge in [-0.3, -0.25) is 19.5 Å². The van der Waals surface area contributed by atoms with Gasteiger partial charge in [0.25, 0.3) is 0 Å². The van der Waals surface area contributed by atoms with E-state index in [-0.39, 0.29) is 23.8 Å². The summed E-state index contributed by atoms with van der Waals surface area (Å²) in [5.41, 5.74) is 0.994. The van der Waals surface area contributed by atoms with Gasteiger partial charge in [-0.2, -0.15) is 0 Å². The Bertz CT molecular complexity index is 542. The van der Waals surface area contributed by atoms with Crippen molar-refractivity contribution in [1.29, 1.82) is 0 Å². The average molecular weight is 302 g/mol. The predicted octanol–water partition coefficient (Wildman–Crippen LogP) is 0.250. The zero-order chi connectivity index (χ0) is 15.5. The summed E-state index contributed by atoms with van der Waals surface area (Å²) in [5, 5.41) is 2.64. The second kappa shape index (κ2) is 6.44. The number of amides is 2. The van der Waals surface area contributed by atoms with Crippen molar-refractivity contribution in [2.24, 2.45) is 5.92 Å². The Morgan fingerprint density at radius 1 is 1.36 bits per heavy atom. The predicted molar refractivity (Wildman–Crippen MR) is 81.8 cm³/mol. The zero-order valence-electron chi connectivity index (χ0n) is 12.9. The molecule has 6 nitrogen and oxygen atoms in total. The smallest absolute Gasteiger partial charge is 0.239 e. The number of hydrogen-bond donors (Lipinski definition) is 1. The summed E-state index contributed by atoms with van der Waals surface area (Å²) >= 11 is 0. The van der Waals surface area contributed by atoms with Gasteiger partial charge in [0.2, 0.25) is 11.8 Å². The number of aromatic nitrogens is 1. The molecule has 2 amide bonds. The Balaban J connectivity index is 1.57. The molecule has 0 aromatic carbocycles. The number of nitrogens with zero attached hydrogens (tertiary/aromatic N) is 3. The first kappa shape index (κ1) is 15.0. The molecule has 1 aromatic rings. The van der Waals surface area contributed by atoms with Crippen LogP contribution in [0.2, 0.25) is 0 Å². The van der Waals surface area contributed by atoms with Crippen LogP contribution >= 0.6 is 0 Å². The number of rotatable bonds is 4. The van der Waals surface area contributed by atoms with E-state index < -0.39 is 0 Å². The largest absolute Gasteiger partial charge is 0.359 e. The molecular weight excluding hydrogens is 280 g/mol. The topological polar surface area (TPSA) is 65.5 Å². The summed E-state index contributed by atoms with van der Waals surface area (Å²) in [4.78, 5) is 32.5. The summed E-state index contributed by atoms with van der Waals surface area (Å²) in [6, 6.07) is 5.80. The third-order valence-electron chi connectivity index (χ3n) is 4.55. The highest BCUT2D eigenvalue weighted by molar-refractivity contribution is 5.87. The van der Waals surface area contributed by atoms with Crippen molar-refractivity contribution < 1.29 is 9.59 Å². The fraction of sp³-hybridized carbons (Fsp3) is 0.562. The fourth-order valence-electron chi connectivity index (χ4n) is 3.23. The van der Waals surface area contributed by atoms with Gasteiger partial charge < -0.3 is 10.2 Å². The molecule has 2 saturated heterocycles. The highest BCUT2D eigenvalue weighted by atomic mass is 16.2. The van der Waals surface area contributed by atoms with Crippen LogP contribution in [-0.2, 0) is 16.1 Å². The number of nitrogens with one attached hydrogen (secondary N) is 1. The van der Waals surface area contributed by atoms with E-state index in [1.807, 2.05) is 18.2 Å². The number of likely N-dealkylation sites (tertiary alicyclic amines) is 2. The third-order valence-corrected chi connectivity index (χ3v) is 4.55. The lowest BCUT2D eigenvalue weighted by Crippen LogP contribution is -2.59. The first-order valence-corrected chi connectivity index (χ1v) is 7.83. The van der Waals surface area contributed by atoms with Gasteiger partial charge in [0.15, 0.2) is 0 Å². The molecule has 0 saturated carbocycles. The molecule has 118 valence electrons. The van der Waals surface area contributed by atoms with Crippen LogP contribution in [0.25, 0.3) is 0 Å². The summed E-state index contributed by atoms with van der Waals surface area (Å²) in [5.74, 6) is 0.147. The fourth-order valence-corrected chi connectivity index (χ4v) is 3.23. The molecule has 0 spiro atoms. The van der Waals surface area contributed by atoms with Crippen molar-refractivity contribution in [1.82, 2.24) is 20.1 Å². The Labute approximate surface area is 130 Å². The third kappa shape index (κ3) is 2.97. The van der Waals surface area contributed by atoms with Crippen LogP contribution < -0.4 is 5.32 Å². The number of carbonyl (C=O) groups excluding carboxylic acids is 2. The maximum Gasteiger partial charge on any atom is 0.239 e. The molecule has 1 N–H and O–H groups in total. The van der Waals surface area contributed by atoms with Crippen LogP contribution in [-0.4, -0.2) is 59.3 Å². The Hall–Kier alpha value is -1.95. The quantitative estimate of drug-likeness (QED) is 0.866. The van der Waals surface area contributed by atoms with E-state index in [4.69, 9.17) is 0 Å². The van der Waals surface area contributed by atoms with E-state index in [0.717, 1.165) is 25.1 Å². The minimum absolute atomic E-state index is 0.0285. The van der Waals surface area contributed by atoms with Crippen LogP contribution in [0.3, 0.4) is 0 Å². The molecule has 0 bridgehead atoms. The molecule has 3 rings (SSSR count). The van der Waals surface area contributed by atoms with E-state index in [0.29, 0.717) is 19.6 Å². The van der Waals surface area contributed by atoms with Crippen LogP contribution in [0, 0.1) is 5.92 Å². The van der Waals surface area contributed by atoms with Crippen LogP contribution in [0.15, 0.2) is 24.4 Å². The molecule has 3 heterocycles. The van der Waals surface area contributed by atoms with Gasteiger partial charge in [-0.05, 0) is 31.5 Å². The molecule has 1 unspecified atom stereocenters. The Kier molecular flexibility index (Phi) is 4.38. The summed E-state index contributed by atoms with van der Waals surface area (Å²) in [7, 11) is 1.64. The monoisotopic (exact) mass is 302 g/mol. The molecule has 1 aromatic heterocycles. The van der Waals surface area contributed by atoms with E-state index in [1.54, 1.807) is 18.1 Å². The SMILES string of the molecule is CNC(=O)C1CN(C(=O)C2CCCN2Cc2ccccn2)C1. The van der Waals surface area contributed by atoms with Crippen molar-refractivity contribution in [3.63, 3.8) is 0 Å². The van der Waals surface area contributed by atoms with Gasteiger partial charge in [0.1, 0.15) is 0 Å². The standard InChI is InChI=1S/C16H22N4O2/c1-17-15(21)12-9-20(10-12)16(22)14-6-4-8-19(14)11-13-5-2-3-7-18-13/h2-3,5,7,12,14H,4,6,8-11H2,1H3,(H,17,21). The van der Waals surface area contributed by atoms with Crippen LogP contribution in [0.5, 0.6) is 0 Å². The molecule has 2 fully saturated rings. The first-order chi connectivity index (χ1) is 10.7. The minimum atomic E-state index is -0.0624. The van der Waals surface area contributed by atoms with E-state index >= 15 is 0 Å². The molecule has 0 aliphatic carbocycles. The number of carbonyl (C=O) groups is 2. The molecular formula is C16H22N4O2. The van der Waals surface area contributed by atoms with E-state index in [9.17, 15) is 9.59 Å². The molecule has 2 aliphatic heterocycles. The van der Waals surface area contributed by atoms with Crippen LogP contribution in [0.1, 0.15) is 18.5 Å². The van der Waals surface area contributed by atoms with E-state index in [2.05, 4.69) is 15.2 Å². The average Bonchev–Trinajstić information content (AvgIpc) is 2.94. The highest BCUT2D eigenvalue weighted by Crippen LogP contribution is 2.25. The Morgan fingerprint density at radius 3 is 2.86 bits per heavy atom. The highest BCUT2D eigenvalue weighted by Gasteiger charge is 2.40. The van der Waals surface area contributed by atoms with Gasteiger partial charge in [-0.25, -0.2) is 0 Å². The molecule has 22 heavy (non-hydrogen) atoms. The molecule has 6 heteroatoms. The maximum atomic E-state index is 12.6. The Morgan fingerprint density at radius 2 is 2.18 bits per heavy atom. The lowest BCUT2D eigenvalue weighted by molar-refractivity contribution is -0.146. The molecule has 0 radical (unpaired) electrons. The van der Waals surface area contributed by atoms with Gasteiger partial charge in [0, 0.05) is 32.9 Å². The lowest BCUT2D eigenvalue weighted by Gasteiger charge is -2.40.